The van der Waals surface area contributed by atoms with Crippen molar-refractivity contribution in [2.45, 2.75) is 6.92 Å². The molecular formula is C15H14N2O. The predicted octanol–water partition coefficient (Wildman–Crippen LogP) is 3.32. The first kappa shape index (κ1) is 10.8. The SMILES string of the molecule is COc1ccc2nc(-c3cccc(C)c3)cn2c1. The predicted molar refractivity (Wildman–Crippen MR) is 71.9 cm³/mol. The number of rotatable bonds is 2. The van der Waals surface area contributed by atoms with Gasteiger partial charge in [-0.3, -0.25) is 0 Å². The highest BCUT2D eigenvalue weighted by molar-refractivity contribution is 5.63. The van der Waals surface area contributed by atoms with Crippen LogP contribution in [0.1, 0.15) is 5.56 Å². The minimum absolute atomic E-state index is 0.829. The van der Waals surface area contributed by atoms with Gasteiger partial charge >= 0.3 is 0 Å². The van der Waals surface area contributed by atoms with Crippen molar-refractivity contribution in [2.24, 2.45) is 0 Å². The number of benzene rings is 1. The van der Waals surface area contributed by atoms with Crippen molar-refractivity contribution >= 4 is 5.65 Å². The zero-order valence-corrected chi connectivity index (χ0v) is 10.4. The van der Waals surface area contributed by atoms with Crippen molar-refractivity contribution in [1.82, 2.24) is 9.38 Å². The van der Waals surface area contributed by atoms with E-state index in [0.717, 1.165) is 22.7 Å². The lowest BCUT2D eigenvalue weighted by atomic mass is 10.1. The zero-order chi connectivity index (χ0) is 12.5. The van der Waals surface area contributed by atoms with Gasteiger partial charge in [0.15, 0.2) is 0 Å². The van der Waals surface area contributed by atoms with Gasteiger partial charge in [0.2, 0.25) is 0 Å². The summed E-state index contributed by atoms with van der Waals surface area (Å²) in [4.78, 5) is 4.61. The first-order chi connectivity index (χ1) is 8.76. The Bertz CT molecular complexity index is 701. The molecule has 0 N–H and O–H groups in total. The largest absolute Gasteiger partial charge is 0.495 e. The summed E-state index contributed by atoms with van der Waals surface area (Å²) in [5.74, 6) is 0.829. The van der Waals surface area contributed by atoms with Crippen molar-refractivity contribution in [3.05, 3.63) is 54.4 Å². The van der Waals surface area contributed by atoms with E-state index >= 15 is 0 Å². The number of imidazole rings is 1. The summed E-state index contributed by atoms with van der Waals surface area (Å²) in [6.45, 7) is 2.09. The second-order valence-electron chi connectivity index (χ2n) is 4.33. The number of pyridine rings is 1. The van der Waals surface area contributed by atoms with Gasteiger partial charge in [-0.05, 0) is 25.1 Å². The molecule has 0 radical (unpaired) electrons. The average Bonchev–Trinajstić information content (AvgIpc) is 2.81. The molecule has 3 rings (SSSR count). The number of aromatic nitrogens is 2. The van der Waals surface area contributed by atoms with Gasteiger partial charge in [-0.2, -0.15) is 0 Å². The van der Waals surface area contributed by atoms with Crippen LogP contribution in [0.25, 0.3) is 16.9 Å². The van der Waals surface area contributed by atoms with Crippen LogP contribution in [0.5, 0.6) is 5.75 Å². The van der Waals surface area contributed by atoms with E-state index in [1.54, 1.807) is 7.11 Å². The van der Waals surface area contributed by atoms with Crippen LogP contribution in [0.4, 0.5) is 0 Å². The fraction of sp³-hybridized carbons (Fsp3) is 0.133. The number of hydrogen-bond acceptors (Lipinski definition) is 2. The molecule has 90 valence electrons. The van der Waals surface area contributed by atoms with Gasteiger partial charge in [0, 0.05) is 11.8 Å². The number of nitrogens with zero attached hydrogens (tertiary/aromatic N) is 2. The molecule has 0 unspecified atom stereocenters. The Hall–Kier alpha value is -2.29. The molecule has 2 aromatic heterocycles. The molecule has 0 atom stereocenters. The topological polar surface area (TPSA) is 26.5 Å². The Balaban J connectivity index is 2.13. The number of aryl methyl sites for hydroxylation is 1. The molecule has 0 aliphatic heterocycles. The smallest absolute Gasteiger partial charge is 0.137 e. The fourth-order valence-electron chi connectivity index (χ4n) is 2.04. The Morgan fingerprint density at radius 3 is 2.78 bits per heavy atom. The van der Waals surface area contributed by atoms with E-state index in [0.29, 0.717) is 0 Å². The Morgan fingerprint density at radius 1 is 1.11 bits per heavy atom. The van der Waals surface area contributed by atoms with Gasteiger partial charge in [-0.1, -0.05) is 23.8 Å². The fourth-order valence-corrected chi connectivity index (χ4v) is 2.04. The van der Waals surface area contributed by atoms with Gasteiger partial charge in [0.1, 0.15) is 11.4 Å². The van der Waals surface area contributed by atoms with E-state index in [4.69, 9.17) is 4.74 Å². The van der Waals surface area contributed by atoms with Gasteiger partial charge in [-0.25, -0.2) is 4.98 Å². The highest BCUT2D eigenvalue weighted by atomic mass is 16.5. The van der Waals surface area contributed by atoms with Crippen molar-refractivity contribution in [3.8, 4) is 17.0 Å². The maximum atomic E-state index is 5.21. The normalized spacial score (nSPS) is 10.8. The van der Waals surface area contributed by atoms with Gasteiger partial charge in [-0.15, -0.1) is 0 Å². The van der Waals surface area contributed by atoms with E-state index in [1.807, 2.05) is 28.9 Å². The molecule has 0 amide bonds. The molecule has 0 saturated heterocycles. The molecule has 18 heavy (non-hydrogen) atoms. The van der Waals surface area contributed by atoms with E-state index < -0.39 is 0 Å². The Morgan fingerprint density at radius 2 is 2.00 bits per heavy atom. The molecule has 0 fully saturated rings. The van der Waals surface area contributed by atoms with Gasteiger partial charge in [0.25, 0.3) is 0 Å². The van der Waals surface area contributed by atoms with E-state index in [9.17, 15) is 0 Å². The second kappa shape index (κ2) is 4.18. The summed E-state index contributed by atoms with van der Waals surface area (Å²) < 4.78 is 7.19. The van der Waals surface area contributed by atoms with Crippen LogP contribution in [-0.2, 0) is 0 Å². The molecule has 0 bridgehead atoms. The molecule has 3 aromatic rings. The summed E-state index contributed by atoms with van der Waals surface area (Å²) in [6.07, 6.45) is 3.95. The van der Waals surface area contributed by atoms with Crippen LogP contribution in [0.2, 0.25) is 0 Å². The molecule has 0 aliphatic rings. The number of methoxy groups -OCH3 is 1. The molecule has 0 spiro atoms. The highest BCUT2D eigenvalue weighted by Gasteiger charge is 2.05. The molecule has 0 aliphatic carbocycles. The van der Waals surface area contributed by atoms with E-state index in [-0.39, 0.29) is 0 Å². The maximum Gasteiger partial charge on any atom is 0.137 e. The van der Waals surface area contributed by atoms with Crippen LogP contribution in [0.3, 0.4) is 0 Å². The van der Waals surface area contributed by atoms with Crippen molar-refractivity contribution in [3.63, 3.8) is 0 Å². The summed E-state index contributed by atoms with van der Waals surface area (Å²) in [5, 5.41) is 0. The minimum atomic E-state index is 0.829. The quantitative estimate of drug-likeness (QED) is 0.684. The molecule has 2 heterocycles. The highest BCUT2D eigenvalue weighted by Crippen LogP contribution is 2.21. The van der Waals surface area contributed by atoms with Crippen LogP contribution >= 0.6 is 0 Å². The first-order valence-corrected chi connectivity index (χ1v) is 5.86. The summed E-state index contributed by atoms with van der Waals surface area (Å²) in [7, 11) is 1.67. The van der Waals surface area contributed by atoms with E-state index in [1.165, 1.54) is 5.56 Å². The monoisotopic (exact) mass is 238 g/mol. The Kier molecular flexibility index (Phi) is 2.52. The van der Waals surface area contributed by atoms with Crippen LogP contribution in [-0.4, -0.2) is 16.5 Å². The third-order valence-electron chi connectivity index (χ3n) is 2.97. The van der Waals surface area contributed by atoms with E-state index in [2.05, 4.69) is 36.2 Å². The van der Waals surface area contributed by atoms with Gasteiger partial charge in [0.05, 0.1) is 19.0 Å². The molecule has 1 aromatic carbocycles. The van der Waals surface area contributed by atoms with Gasteiger partial charge < -0.3 is 9.14 Å². The number of fused-ring (bicyclic) bond motifs is 1. The van der Waals surface area contributed by atoms with Crippen molar-refractivity contribution in [2.75, 3.05) is 7.11 Å². The van der Waals surface area contributed by atoms with Crippen molar-refractivity contribution < 1.29 is 4.74 Å². The number of hydrogen-bond donors (Lipinski definition) is 0. The Labute approximate surface area is 106 Å². The first-order valence-electron chi connectivity index (χ1n) is 5.86. The lowest BCUT2D eigenvalue weighted by Gasteiger charge is -1.98. The molecular weight excluding hydrogens is 224 g/mol. The average molecular weight is 238 g/mol. The summed E-state index contributed by atoms with van der Waals surface area (Å²) >= 11 is 0. The van der Waals surface area contributed by atoms with Crippen LogP contribution in [0, 0.1) is 6.92 Å². The zero-order valence-electron chi connectivity index (χ0n) is 10.4. The maximum absolute atomic E-state index is 5.21. The molecule has 3 heteroatoms. The second-order valence-corrected chi connectivity index (χ2v) is 4.33. The lowest BCUT2D eigenvalue weighted by molar-refractivity contribution is 0.412. The molecule has 0 saturated carbocycles. The standard InChI is InChI=1S/C15H14N2O/c1-11-4-3-5-12(8-11)14-10-17-9-13(18-2)6-7-15(17)16-14/h3-10H,1-2H3. The third-order valence-corrected chi connectivity index (χ3v) is 2.97. The minimum Gasteiger partial charge on any atom is -0.495 e. The van der Waals surface area contributed by atoms with Crippen LogP contribution < -0.4 is 4.74 Å². The number of ether oxygens (including phenoxy) is 1. The summed E-state index contributed by atoms with van der Waals surface area (Å²) in [5.41, 5.74) is 4.28. The molecule has 3 nitrogen and oxygen atoms in total. The lowest BCUT2D eigenvalue weighted by Crippen LogP contribution is -1.86. The van der Waals surface area contributed by atoms with Crippen molar-refractivity contribution in [1.29, 1.82) is 0 Å². The third kappa shape index (κ3) is 1.84. The summed E-state index contributed by atoms with van der Waals surface area (Å²) in [6, 6.07) is 12.2. The van der Waals surface area contributed by atoms with Crippen LogP contribution in [0.15, 0.2) is 48.8 Å².